The smallest absolute Gasteiger partial charge is 0.254 e. The lowest BCUT2D eigenvalue weighted by Crippen LogP contribution is -2.48. The van der Waals surface area contributed by atoms with E-state index in [4.69, 9.17) is 16.3 Å². The highest BCUT2D eigenvalue weighted by Gasteiger charge is 2.35. The zero-order valence-electron chi connectivity index (χ0n) is 19.8. The minimum absolute atomic E-state index is 0.0451. The molecule has 1 aliphatic carbocycles. The van der Waals surface area contributed by atoms with Gasteiger partial charge in [-0.3, -0.25) is 9.59 Å². The molecule has 7 heteroatoms. The molecule has 1 saturated carbocycles. The molecule has 2 aliphatic rings. The van der Waals surface area contributed by atoms with Crippen LogP contribution in [0.5, 0.6) is 5.75 Å². The van der Waals surface area contributed by atoms with E-state index >= 15 is 0 Å². The fraction of sp³-hybridized carbons (Fsp3) is 0.357. The van der Waals surface area contributed by atoms with Crippen LogP contribution in [0, 0.1) is 12.8 Å². The highest BCUT2D eigenvalue weighted by Crippen LogP contribution is 2.35. The molecule has 1 unspecified atom stereocenters. The second-order valence-electron chi connectivity index (χ2n) is 9.37. The van der Waals surface area contributed by atoms with Gasteiger partial charge in [-0.2, -0.15) is 0 Å². The number of thiophene rings is 1. The fourth-order valence-corrected chi connectivity index (χ4v) is 5.77. The van der Waals surface area contributed by atoms with E-state index in [0.29, 0.717) is 36.2 Å². The number of benzene rings is 2. The molecule has 0 saturated heterocycles. The number of carbonyl (C=O) groups is 2. The fourth-order valence-electron chi connectivity index (χ4n) is 4.65. The predicted octanol–water partition coefficient (Wildman–Crippen LogP) is 5.77. The molecule has 1 aromatic heterocycles. The number of fused-ring (bicyclic) bond motifs is 1. The molecule has 182 valence electrons. The Labute approximate surface area is 215 Å². The number of hydrogen-bond acceptors (Lipinski definition) is 4. The van der Waals surface area contributed by atoms with Gasteiger partial charge < -0.3 is 14.5 Å². The molecule has 0 spiro atoms. The number of nitrogens with zero attached hydrogens (tertiary/aromatic N) is 2. The van der Waals surface area contributed by atoms with Crippen LogP contribution in [-0.4, -0.2) is 47.9 Å². The molecular weight excluding hydrogens is 480 g/mol. The van der Waals surface area contributed by atoms with Gasteiger partial charge in [0.1, 0.15) is 18.9 Å². The first-order valence-electron chi connectivity index (χ1n) is 12.1. The van der Waals surface area contributed by atoms with Crippen LogP contribution in [0.25, 0.3) is 0 Å². The maximum atomic E-state index is 13.7. The third-order valence-corrected chi connectivity index (χ3v) is 8.00. The number of halogens is 1. The van der Waals surface area contributed by atoms with Gasteiger partial charge in [-0.1, -0.05) is 35.9 Å². The first kappa shape index (κ1) is 23.9. The van der Waals surface area contributed by atoms with Crippen molar-refractivity contribution in [3.63, 3.8) is 0 Å². The van der Waals surface area contributed by atoms with Crippen molar-refractivity contribution in [2.75, 3.05) is 26.2 Å². The summed E-state index contributed by atoms with van der Waals surface area (Å²) in [5.41, 5.74) is 2.73. The number of para-hydroxylation sites is 1. The molecule has 0 radical (unpaired) electrons. The van der Waals surface area contributed by atoms with Gasteiger partial charge in [0, 0.05) is 28.6 Å². The molecule has 5 rings (SSSR count). The molecule has 0 N–H and O–H groups in total. The topological polar surface area (TPSA) is 49.9 Å². The van der Waals surface area contributed by atoms with Crippen LogP contribution in [-0.2, 0) is 11.2 Å². The van der Waals surface area contributed by atoms with Gasteiger partial charge in [0.2, 0.25) is 5.91 Å². The van der Waals surface area contributed by atoms with Gasteiger partial charge in [0.15, 0.2) is 0 Å². The summed E-state index contributed by atoms with van der Waals surface area (Å²) in [5, 5.41) is 2.60. The van der Waals surface area contributed by atoms with Gasteiger partial charge in [-0.25, -0.2) is 0 Å². The minimum atomic E-state index is -0.179. The Hall–Kier alpha value is -2.83. The monoisotopic (exact) mass is 508 g/mol. The van der Waals surface area contributed by atoms with E-state index in [0.717, 1.165) is 36.1 Å². The summed E-state index contributed by atoms with van der Waals surface area (Å²) in [6.45, 7) is 3.68. The Balaban J connectivity index is 1.35. The van der Waals surface area contributed by atoms with Gasteiger partial charge in [-0.15, -0.1) is 11.3 Å². The molecule has 0 bridgehead atoms. The highest BCUT2D eigenvalue weighted by molar-refractivity contribution is 7.10. The molecule has 5 nitrogen and oxygen atoms in total. The number of aryl methyl sites for hydroxylation is 1. The SMILES string of the molecule is Cc1ccccc1OCC1c2ccsc2CCN1C(=O)CN(CC1CC1)C(=O)c1cccc(Cl)c1. The van der Waals surface area contributed by atoms with Crippen LogP contribution in [0.15, 0.2) is 60.0 Å². The number of rotatable bonds is 8. The summed E-state index contributed by atoms with van der Waals surface area (Å²) in [4.78, 5) is 31.9. The lowest BCUT2D eigenvalue weighted by molar-refractivity contribution is -0.135. The van der Waals surface area contributed by atoms with Crippen LogP contribution in [0.2, 0.25) is 5.02 Å². The van der Waals surface area contributed by atoms with Crippen molar-refractivity contribution in [2.45, 2.75) is 32.2 Å². The highest BCUT2D eigenvalue weighted by atomic mass is 35.5. The summed E-state index contributed by atoms with van der Waals surface area (Å²) in [7, 11) is 0. The maximum absolute atomic E-state index is 13.7. The van der Waals surface area contributed by atoms with E-state index in [2.05, 4.69) is 11.4 Å². The number of amides is 2. The maximum Gasteiger partial charge on any atom is 0.254 e. The van der Waals surface area contributed by atoms with Crippen molar-refractivity contribution in [1.82, 2.24) is 9.80 Å². The van der Waals surface area contributed by atoms with Crippen molar-refractivity contribution in [1.29, 1.82) is 0 Å². The molecule has 2 aromatic carbocycles. The molecule has 3 aromatic rings. The second kappa shape index (κ2) is 10.4. The molecular formula is C28H29ClN2O3S. The third kappa shape index (κ3) is 5.54. The summed E-state index contributed by atoms with van der Waals surface area (Å²) in [5.74, 6) is 1.11. The van der Waals surface area contributed by atoms with Gasteiger partial charge in [-0.05, 0) is 78.9 Å². The first-order valence-corrected chi connectivity index (χ1v) is 13.3. The Morgan fingerprint density at radius 3 is 2.74 bits per heavy atom. The second-order valence-corrected chi connectivity index (χ2v) is 10.8. The summed E-state index contributed by atoms with van der Waals surface area (Å²) < 4.78 is 6.21. The van der Waals surface area contributed by atoms with E-state index in [1.165, 1.54) is 4.88 Å². The Morgan fingerprint density at radius 1 is 1.14 bits per heavy atom. The average molecular weight is 509 g/mol. The van der Waals surface area contributed by atoms with E-state index in [1.807, 2.05) is 36.1 Å². The van der Waals surface area contributed by atoms with Crippen molar-refractivity contribution >= 4 is 34.8 Å². The van der Waals surface area contributed by atoms with E-state index < -0.39 is 0 Å². The summed E-state index contributed by atoms with van der Waals surface area (Å²) >= 11 is 7.86. The molecule has 2 heterocycles. The number of hydrogen-bond donors (Lipinski definition) is 0. The molecule has 1 fully saturated rings. The van der Waals surface area contributed by atoms with Crippen molar-refractivity contribution < 1.29 is 14.3 Å². The van der Waals surface area contributed by atoms with Crippen LogP contribution in [0.3, 0.4) is 0 Å². The zero-order chi connectivity index (χ0) is 24.4. The van der Waals surface area contributed by atoms with Gasteiger partial charge >= 0.3 is 0 Å². The zero-order valence-corrected chi connectivity index (χ0v) is 21.4. The van der Waals surface area contributed by atoms with E-state index in [-0.39, 0.29) is 24.4 Å². The van der Waals surface area contributed by atoms with E-state index in [9.17, 15) is 9.59 Å². The van der Waals surface area contributed by atoms with E-state index in [1.54, 1.807) is 40.5 Å². The van der Waals surface area contributed by atoms with Crippen molar-refractivity contribution in [2.24, 2.45) is 5.92 Å². The molecule has 1 aliphatic heterocycles. The van der Waals surface area contributed by atoms with Crippen LogP contribution in [0.4, 0.5) is 0 Å². The lowest BCUT2D eigenvalue weighted by atomic mass is 10.00. The van der Waals surface area contributed by atoms with Crippen molar-refractivity contribution in [3.05, 3.63) is 86.6 Å². The Morgan fingerprint density at radius 2 is 1.97 bits per heavy atom. The van der Waals surface area contributed by atoms with Crippen molar-refractivity contribution in [3.8, 4) is 5.75 Å². The summed E-state index contributed by atoms with van der Waals surface area (Å²) in [6, 6.07) is 16.8. The lowest BCUT2D eigenvalue weighted by Gasteiger charge is -2.37. The Kier molecular flexibility index (Phi) is 7.12. The quantitative estimate of drug-likeness (QED) is 0.388. The van der Waals surface area contributed by atoms with Gasteiger partial charge in [0.25, 0.3) is 5.91 Å². The molecule has 35 heavy (non-hydrogen) atoms. The minimum Gasteiger partial charge on any atom is -0.491 e. The Bertz CT molecular complexity index is 1220. The predicted molar refractivity (Wildman–Crippen MR) is 139 cm³/mol. The average Bonchev–Trinajstić information content (AvgIpc) is 3.54. The third-order valence-electron chi connectivity index (χ3n) is 6.77. The normalized spacial score (nSPS) is 17.1. The van der Waals surface area contributed by atoms with Crippen LogP contribution < -0.4 is 4.74 Å². The standard InChI is InChI=1S/C28H29ClN2O3S/c1-19-5-2-3-8-25(19)34-18-24-23-12-14-35-26(23)11-13-31(24)27(32)17-30(16-20-9-10-20)28(33)21-6-4-7-22(29)15-21/h2-8,12,14-15,20,24H,9-11,13,16-18H2,1H3. The first-order chi connectivity index (χ1) is 17.0. The molecule has 1 atom stereocenters. The summed E-state index contributed by atoms with van der Waals surface area (Å²) in [6.07, 6.45) is 3.02. The van der Waals surface area contributed by atoms with Gasteiger partial charge in [0.05, 0.1) is 6.04 Å². The van der Waals surface area contributed by atoms with Crippen LogP contribution >= 0.6 is 22.9 Å². The number of ether oxygens (including phenoxy) is 1. The molecule has 2 amide bonds. The number of carbonyl (C=O) groups excluding carboxylic acids is 2. The largest absolute Gasteiger partial charge is 0.491 e. The van der Waals surface area contributed by atoms with Crippen LogP contribution in [0.1, 0.15) is 45.2 Å².